The summed E-state index contributed by atoms with van der Waals surface area (Å²) < 4.78 is 5.67. The highest BCUT2D eigenvalue weighted by Gasteiger charge is 2.28. The van der Waals surface area contributed by atoms with E-state index in [1.54, 1.807) is 6.07 Å². The fraction of sp³-hybridized carbons (Fsp3) is 0.370. The standard InChI is InChI=1S/C27H31N3O5/c1-4-28-27(34)25-24(18-6-7-19-15-30(9-5-11-31)10-8-17(19)12-18)26(35-29-25)21-13-20(16(2)3)22(32)14-23(21)33/h6-7,11-14,16,32-33H,4-5,8-10,15H2,1-3H3,(H,28,34). The van der Waals surface area contributed by atoms with Gasteiger partial charge in [0.05, 0.1) is 11.1 Å². The Morgan fingerprint density at radius 1 is 1.20 bits per heavy atom. The smallest absolute Gasteiger partial charge is 0.274 e. The normalized spacial score (nSPS) is 13.6. The van der Waals surface area contributed by atoms with Crippen LogP contribution >= 0.6 is 0 Å². The third-order valence-electron chi connectivity index (χ3n) is 6.41. The number of aromatic hydroxyl groups is 2. The lowest BCUT2D eigenvalue weighted by Gasteiger charge is -2.28. The molecule has 2 heterocycles. The minimum atomic E-state index is -0.363. The summed E-state index contributed by atoms with van der Waals surface area (Å²) in [6, 6.07) is 8.99. The van der Waals surface area contributed by atoms with Crippen molar-refractivity contribution in [2.75, 3.05) is 19.6 Å². The van der Waals surface area contributed by atoms with Gasteiger partial charge in [0.1, 0.15) is 17.8 Å². The van der Waals surface area contributed by atoms with Crippen LogP contribution in [0.25, 0.3) is 22.5 Å². The van der Waals surface area contributed by atoms with E-state index >= 15 is 0 Å². The topological polar surface area (TPSA) is 116 Å². The summed E-state index contributed by atoms with van der Waals surface area (Å²) in [6.07, 6.45) is 2.28. The van der Waals surface area contributed by atoms with Crippen LogP contribution in [0.5, 0.6) is 11.5 Å². The molecular weight excluding hydrogens is 446 g/mol. The number of hydrogen-bond donors (Lipinski definition) is 3. The summed E-state index contributed by atoms with van der Waals surface area (Å²) in [5.41, 5.74) is 4.76. The SMILES string of the molecule is CCNC(=O)c1noc(-c2cc(C(C)C)c(O)cc2O)c1-c1ccc2c(c1)CCN(CCC=O)C2. The third kappa shape index (κ3) is 4.93. The van der Waals surface area contributed by atoms with E-state index in [0.717, 1.165) is 43.5 Å². The zero-order chi connectivity index (χ0) is 25.1. The molecule has 0 spiro atoms. The number of phenolic OH excluding ortho intramolecular Hbond substituents is 2. The first-order chi connectivity index (χ1) is 16.8. The summed E-state index contributed by atoms with van der Waals surface area (Å²) in [4.78, 5) is 25.9. The molecule has 0 radical (unpaired) electrons. The molecule has 0 aliphatic carbocycles. The van der Waals surface area contributed by atoms with Crippen molar-refractivity contribution >= 4 is 12.2 Å². The van der Waals surface area contributed by atoms with Crippen LogP contribution < -0.4 is 5.32 Å². The molecule has 0 bridgehead atoms. The second-order valence-corrected chi connectivity index (χ2v) is 9.14. The molecule has 1 amide bonds. The average molecular weight is 478 g/mol. The van der Waals surface area contributed by atoms with Crippen molar-refractivity contribution in [2.45, 2.75) is 46.1 Å². The molecule has 0 atom stereocenters. The van der Waals surface area contributed by atoms with Crippen LogP contribution in [0.2, 0.25) is 0 Å². The molecule has 4 rings (SSSR count). The number of carbonyl (C=O) groups excluding carboxylic acids is 2. The minimum absolute atomic E-state index is 0.000760. The zero-order valence-corrected chi connectivity index (χ0v) is 20.3. The Morgan fingerprint density at radius 3 is 2.71 bits per heavy atom. The summed E-state index contributed by atoms with van der Waals surface area (Å²) in [6.45, 7) is 8.50. The first kappa shape index (κ1) is 24.5. The van der Waals surface area contributed by atoms with Crippen LogP contribution in [0.4, 0.5) is 0 Å². The Labute approximate surface area is 204 Å². The van der Waals surface area contributed by atoms with Crippen LogP contribution in [0.3, 0.4) is 0 Å². The second kappa shape index (κ2) is 10.3. The molecular formula is C27H31N3O5. The van der Waals surface area contributed by atoms with E-state index < -0.39 is 0 Å². The molecule has 0 unspecified atom stereocenters. The number of benzene rings is 2. The van der Waals surface area contributed by atoms with Crippen LogP contribution in [0, 0.1) is 0 Å². The highest BCUT2D eigenvalue weighted by Crippen LogP contribution is 2.43. The van der Waals surface area contributed by atoms with Gasteiger partial charge < -0.3 is 24.8 Å². The molecule has 1 aliphatic rings. The van der Waals surface area contributed by atoms with Gasteiger partial charge >= 0.3 is 0 Å². The number of phenols is 2. The number of hydrogen-bond acceptors (Lipinski definition) is 7. The van der Waals surface area contributed by atoms with Gasteiger partial charge in [-0.05, 0) is 47.6 Å². The lowest BCUT2D eigenvalue weighted by atomic mass is 9.91. The highest BCUT2D eigenvalue weighted by atomic mass is 16.5. The van der Waals surface area contributed by atoms with Gasteiger partial charge in [0.25, 0.3) is 5.91 Å². The van der Waals surface area contributed by atoms with Crippen molar-refractivity contribution in [3.8, 4) is 33.9 Å². The number of aromatic nitrogens is 1. The maximum Gasteiger partial charge on any atom is 0.274 e. The molecule has 1 aromatic heterocycles. The van der Waals surface area contributed by atoms with Crippen molar-refractivity contribution in [3.63, 3.8) is 0 Å². The lowest BCUT2D eigenvalue weighted by molar-refractivity contribution is -0.108. The average Bonchev–Trinajstić information content (AvgIpc) is 3.27. The van der Waals surface area contributed by atoms with Crippen molar-refractivity contribution in [2.24, 2.45) is 0 Å². The number of fused-ring (bicyclic) bond motifs is 1. The minimum Gasteiger partial charge on any atom is -0.508 e. The fourth-order valence-corrected chi connectivity index (χ4v) is 4.57. The van der Waals surface area contributed by atoms with E-state index in [2.05, 4.69) is 15.4 Å². The van der Waals surface area contributed by atoms with Crippen molar-refractivity contribution < 1.29 is 24.3 Å². The number of aldehydes is 1. The van der Waals surface area contributed by atoms with E-state index in [-0.39, 0.29) is 34.8 Å². The maximum absolute atomic E-state index is 12.9. The molecule has 2 aromatic carbocycles. The molecule has 8 nitrogen and oxygen atoms in total. The Hall–Kier alpha value is -3.65. The number of rotatable bonds is 8. The van der Waals surface area contributed by atoms with Gasteiger partial charge in [0.2, 0.25) is 0 Å². The third-order valence-corrected chi connectivity index (χ3v) is 6.41. The number of amides is 1. The summed E-state index contributed by atoms with van der Waals surface area (Å²) in [5.74, 6) is -0.240. The Morgan fingerprint density at radius 2 is 2.00 bits per heavy atom. The van der Waals surface area contributed by atoms with Gasteiger partial charge in [0.15, 0.2) is 11.5 Å². The molecule has 0 fully saturated rings. The van der Waals surface area contributed by atoms with Crippen LogP contribution in [-0.2, 0) is 17.8 Å². The summed E-state index contributed by atoms with van der Waals surface area (Å²) in [7, 11) is 0. The molecule has 3 aromatic rings. The number of carbonyl (C=O) groups is 2. The molecule has 0 saturated carbocycles. The lowest BCUT2D eigenvalue weighted by Crippen LogP contribution is -2.31. The van der Waals surface area contributed by atoms with Gasteiger partial charge in [0, 0.05) is 38.7 Å². The van der Waals surface area contributed by atoms with E-state index in [1.807, 2.05) is 39.0 Å². The molecule has 184 valence electrons. The number of nitrogens with zero attached hydrogens (tertiary/aromatic N) is 2. The number of nitrogens with one attached hydrogen (secondary N) is 1. The largest absolute Gasteiger partial charge is 0.508 e. The highest BCUT2D eigenvalue weighted by molar-refractivity contribution is 6.02. The molecule has 35 heavy (non-hydrogen) atoms. The van der Waals surface area contributed by atoms with Crippen LogP contribution in [-0.4, -0.2) is 52.1 Å². The molecule has 1 aliphatic heterocycles. The van der Waals surface area contributed by atoms with Crippen molar-refractivity contribution in [3.05, 3.63) is 52.7 Å². The predicted molar refractivity (Wildman–Crippen MR) is 132 cm³/mol. The van der Waals surface area contributed by atoms with E-state index in [9.17, 15) is 19.8 Å². The van der Waals surface area contributed by atoms with E-state index in [4.69, 9.17) is 4.52 Å². The van der Waals surface area contributed by atoms with Gasteiger partial charge in [-0.15, -0.1) is 0 Å². The monoisotopic (exact) mass is 477 g/mol. The zero-order valence-electron chi connectivity index (χ0n) is 20.3. The summed E-state index contributed by atoms with van der Waals surface area (Å²) >= 11 is 0. The van der Waals surface area contributed by atoms with E-state index in [1.165, 1.54) is 11.6 Å². The Balaban J connectivity index is 1.82. The van der Waals surface area contributed by atoms with Crippen LogP contribution in [0.15, 0.2) is 34.9 Å². The first-order valence-corrected chi connectivity index (χ1v) is 12.0. The van der Waals surface area contributed by atoms with Crippen molar-refractivity contribution in [1.82, 2.24) is 15.4 Å². The predicted octanol–water partition coefficient (Wildman–Crippen LogP) is 4.24. The second-order valence-electron chi connectivity index (χ2n) is 9.14. The van der Waals surface area contributed by atoms with Crippen LogP contribution in [0.1, 0.15) is 60.3 Å². The molecule has 3 N–H and O–H groups in total. The quantitative estimate of drug-likeness (QED) is 0.416. The molecule has 8 heteroatoms. The van der Waals surface area contributed by atoms with E-state index in [0.29, 0.717) is 29.7 Å². The Kier molecular flexibility index (Phi) is 7.21. The summed E-state index contributed by atoms with van der Waals surface area (Å²) in [5, 5.41) is 27.8. The van der Waals surface area contributed by atoms with Gasteiger partial charge in [-0.2, -0.15) is 0 Å². The molecule has 0 saturated heterocycles. The van der Waals surface area contributed by atoms with Gasteiger partial charge in [-0.1, -0.05) is 37.2 Å². The van der Waals surface area contributed by atoms with Crippen molar-refractivity contribution in [1.29, 1.82) is 0 Å². The maximum atomic E-state index is 12.9. The fourth-order valence-electron chi connectivity index (χ4n) is 4.57. The van der Waals surface area contributed by atoms with Gasteiger partial charge in [-0.3, -0.25) is 9.69 Å². The first-order valence-electron chi connectivity index (χ1n) is 12.0. The Bertz CT molecular complexity index is 1250. The van der Waals surface area contributed by atoms with Gasteiger partial charge in [-0.25, -0.2) is 0 Å².